The highest BCUT2D eigenvalue weighted by molar-refractivity contribution is 5.37. The molecule has 1 aromatic rings. The highest BCUT2D eigenvalue weighted by Gasteiger charge is 2.34. The average Bonchev–Trinajstić information content (AvgIpc) is 2.68. The van der Waals surface area contributed by atoms with Crippen LogP contribution >= 0.6 is 0 Å². The summed E-state index contributed by atoms with van der Waals surface area (Å²) in [6.45, 7) is 1.72. The molecule has 3 heterocycles. The summed E-state index contributed by atoms with van der Waals surface area (Å²) in [6.07, 6.45) is 6.34. The molecule has 86 valence electrons. The van der Waals surface area contributed by atoms with Gasteiger partial charge in [0.05, 0.1) is 36.9 Å². The van der Waals surface area contributed by atoms with Crippen molar-refractivity contribution in [3.8, 4) is 0 Å². The molecule has 2 unspecified atom stereocenters. The maximum atomic E-state index is 9.03. The minimum absolute atomic E-state index is 0.0575. The van der Waals surface area contributed by atoms with Crippen LogP contribution in [0.1, 0.15) is 18.5 Å². The highest BCUT2D eigenvalue weighted by Crippen LogP contribution is 2.28. The van der Waals surface area contributed by atoms with Gasteiger partial charge in [-0.15, -0.1) is 0 Å². The van der Waals surface area contributed by atoms with Crippen LogP contribution in [-0.2, 0) is 11.3 Å². The Balaban J connectivity index is 1.81. The molecule has 16 heavy (non-hydrogen) atoms. The molecule has 0 aliphatic carbocycles. The zero-order chi connectivity index (χ0) is 11.0. The highest BCUT2D eigenvalue weighted by atomic mass is 16.5. The molecule has 0 spiro atoms. The van der Waals surface area contributed by atoms with Crippen LogP contribution in [0.2, 0.25) is 0 Å². The molecule has 1 N–H and O–H groups in total. The summed E-state index contributed by atoms with van der Waals surface area (Å²) in [5.74, 6) is 0.853. The van der Waals surface area contributed by atoms with Crippen LogP contribution in [0, 0.1) is 0 Å². The van der Waals surface area contributed by atoms with Crippen molar-refractivity contribution in [2.45, 2.75) is 31.7 Å². The summed E-state index contributed by atoms with van der Waals surface area (Å²) in [4.78, 5) is 10.7. The molecular weight excluding hydrogens is 206 g/mol. The van der Waals surface area contributed by atoms with Crippen molar-refractivity contribution in [1.29, 1.82) is 0 Å². The van der Waals surface area contributed by atoms with Crippen LogP contribution in [0.5, 0.6) is 0 Å². The quantitative estimate of drug-likeness (QED) is 0.780. The lowest BCUT2D eigenvalue weighted by atomic mass is 10.2. The fraction of sp³-hybridized carbons (Fsp3) is 0.636. The van der Waals surface area contributed by atoms with Gasteiger partial charge in [0.1, 0.15) is 5.82 Å². The van der Waals surface area contributed by atoms with Gasteiger partial charge in [-0.3, -0.25) is 4.98 Å². The van der Waals surface area contributed by atoms with E-state index < -0.39 is 0 Å². The first-order valence-electron chi connectivity index (χ1n) is 5.67. The van der Waals surface area contributed by atoms with Crippen LogP contribution in [0.3, 0.4) is 0 Å². The van der Waals surface area contributed by atoms with Crippen molar-refractivity contribution in [2.24, 2.45) is 0 Å². The Labute approximate surface area is 94.1 Å². The Morgan fingerprint density at radius 1 is 1.31 bits per heavy atom. The van der Waals surface area contributed by atoms with Gasteiger partial charge in [0.25, 0.3) is 0 Å². The van der Waals surface area contributed by atoms with Crippen molar-refractivity contribution < 1.29 is 9.84 Å². The number of ether oxygens (including phenoxy) is 1. The molecule has 2 fully saturated rings. The van der Waals surface area contributed by atoms with E-state index in [1.54, 1.807) is 12.4 Å². The third-order valence-corrected chi connectivity index (χ3v) is 3.20. The number of fused-ring (bicyclic) bond motifs is 2. The first kappa shape index (κ1) is 9.99. The number of rotatable bonds is 2. The zero-order valence-corrected chi connectivity index (χ0v) is 9.04. The zero-order valence-electron chi connectivity index (χ0n) is 9.04. The van der Waals surface area contributed by atoms with Crippen LogP contribution in [0.15, 0.2) is 12.4 Å². The number of anilines is 1. The third-order valence-electron chi connectivity index (χ3n) is 3.20. The number of aliphatic hydroxyl groups excluding tert-OH is 1. The van der Waals surface area contributed by atoms with Crippen LogP contribution in [0.25, 0.3) is 0 Å². The minimum atomic E-state index is -0.0575. The van der Waals surface area contributed by atoms with E-state index in [9.17, 15) is 0 Å². The molecule has 0 saturated carbocycles. The fourth-order valence-electron chi connectivity index (χ4n) is 2.43. The monoisotopic (exact) mass is 221 g/mol. The molecule has 0 radical (unpaired) electrons. The summed E-state index contributed by atoms with van der Waals surface area (Å²) >= 11 is 0. The van der Waals surface area contributed by atoms with Gasteiger partial charge in [-0.05, 0) is 12.8 Å². The molecule has 0 amide bonds. The topological polar surface area (TPSA) is 58.5 Å². The number of hydrogen-bond donors (Lipinski definition) is 1. The van der Waals surface area contributed by atoms with Crippen LogP contribution in [0.4, 0.5) is 5.82 Å². The van der Waals surface area contributed by atoms with E-state index in [2.05, 4.69) is 14.9 Å². The molecule has 2 aliphatic heterocycles. The molecule has 3 rings (SSSR count). The average molecular weight is 221 g/mol. The number of aliphatic hydroxyl groups is 1. The van der Waals surface area contributed by atoms with E-state index in [1.165, 1.54) is 0 Å². The van der Waals surface area contributed by atoms with Crippen molar-refractivity contribution in [3.63, 3.8) is 0 Å². The Hall–Kier alpha value is -1.20. The van der Waals surface area contributed by atoms with E-state index >= 15 is 0 Å². The lowest BCUT2D eigenvalue weighted by Crippen LogP contribution is -2.43. The Kier molecular flexibility index (Phi) is 2.49. The lowest BCUT2D eigenvalue weighted by molar-refractivity contribution is 0.0302. The molecule has 0 aromatic carbocycles. The fourth-order valence-corrected chi connectivity index (χ4v) is 2.43. The van der Waals surface area contributed by atoms with E-state index in [0.717, 1.165) is 31.7 Å². The largest absolute Gasteiger partial charge is 0.390 e. The second-order valence-electron chi connectivity index (χ2n) is 4.39. The maximum absolute atomic E-state index is 9.03. The smallest absolute Gasteiger partial charge is 0.147 e. The first-order valence-corrected chi connectivity index (χ1v) is 5.67. The summed E-state index contributed by atoms with van der Waals surface area (Å²) < 4.78 is 5.77. The lowest BCUT2D eigenvalue weighted by Gasteiger charge is -2.32. The van der Waals surface area contributed by atoms with Crippen molar-refractivity contribution >= 4 is 5.82 Å². The molecule has 5 nitrogen and oxygen atoms in total. The van der Waals surface area contributed by atoms with E-state index in [1.807, 2.05) is 0 Å². The molecule has 2 bridgehead atoms. The second-order valence-corrected chi connectivity index (χ2v) is 4.39. The summed E-state index contributed by atoms with van der Waals surface area (Å²) in [6, 6.07) is 0. The first-order chi connectivity index (χ1) is 7.85. The predicted octanol–water partition coefficient (Wildman–Crippen LogP) is 0.336. The van der Waals surface area contributed by atoms with Gasteiger partial charge >= 0.3 is 0 Å². The molecule has 5 heteroatoms. The molecule has 2 aliphatic rings. The van der Waals surface area contributed by atoms with Crippen molar-refractivity contribution in [2.75, 3.05) is 18.0 Å². The van der Waals surface area contributed by atoms with Crippen molar-refractivity contribution in [1.82, 2.24) is 9.97 Å². The third kappa shape index (κ3) is 1.76. The van der Waals surface area contributed by atoms with Crippen molar-refractivity contribution in [3.05, 3.63) is 18.1 Å². The molecule has 2 atom stereocenters. The summed E-state index contributed by atoms with van der Waals surface area (Å²) in [5, 5.41) is 9.03. The van der Waals surface area contributed by atoms with Gasteiger partial charge < -0.3 is 14.7 Å². The van der Waals surface area contributed by atoms with Gasteiger partial charge in [-0.2, -0.15) is 0 Å². The minimum Gasteiger partial charge on any atom is -0.390 e. The number of hydrogen-bond acceptors (Lipinski definition) is 5. The van der Waals surface area contributed by atoms with Gasteiger partial charge in [-0.25, -0.2) is 4.98 Å². The normalized spacial score (nSPS) is 28.4. The van der Waals surface area contributed by atoms with E-state index in [-0.39, 0.29) is 6.61 Å². The van der Waals surface area contributed by atoms with Gasteiger partial charge in [0.15, 0.2) is 0 Å². The van der Waals surface area contributed by atoms with E-state index in [4.69, 9.17) is 9.84 Å². The number of aromatic nitrogens is 2. The molecule has 2 saturated heterocycles. The number of morpholine rings is 1. The second kappa shape index (κ2) is 3.99. The Morgan fingerprint density at radius 3 is 2.75 bits per heavy atom. The molecular formula is C11H15N3O2. The van der Waals surface area contributed by atoms with Gasteiger partial charge in [0, 0.05) is 13.1 Å². The summed E-state index contributed by atoms with van der Waals surface area (Å²) in [7, 11) is 0. The Morgan fingerprint density at radius 2 is 2.06 bits per heavy atom. The van der Waals surface area contributed by atoms with Crippen LogP contribution in [-0.4, -0.2) is 40.4 Å². The Bertz CT molecular complexity index is 373. The van der Waals surface area contributed by atoms with E-state index in [0.29, 0.717) is 17.9 Å². The number of nitrogens with zero attached hydrogens (tertiary/aromatic N) is 3. The predicted molar refractivity (Wildman–Crippen MR) is 58.1 cm³/mol. The SMILES string of the molecule is OCc1cncc(N2CC3CCC(C2)O3)n1. The molecule has 1 aromatic heterocycles. The summed E-state index contributed by atoms with van der Waals surface area (Å²) in [5.41, 5.74) is 0.622. The van der Waals surface area contributed by atoms with Crippen LogP contribution < -0.4 is 4.90 Å². The standard InChI is InChI=1S/C11H15N3O2/c15-7-8-3-12-4-11(13-8)14-5-9-1-2-10(6-14)16-9/h3-4,9-10,15H,1-2,5-7H2. The van der Waals surface area contributed by atoms with Gasteiger partial charge in [-0.1, -0.05) is 0 Å². The van der Waals surface area contributed by atoms with Gasteiger partial charge in [0.2, 0.25) is 0 Å². The maximum Gasteiger partial charge on any atom is 0.147 e.